The lowest BCUT2D eigenvalue weighted by Gasteiger charge is -2.19. The fourth-order valence-corrected chi connectivity index (χ4v) is 1.97. The van der Waals surface area contributed by atoms with Crippen molar-refractivity contribution in [3.05, 3.63) is 29.8 Å². The molecule has 0 spiro atoms. The Morgan fingerprint density at radius 3 is 2.67 bits per heavy atom. The van der Waals surface area contributed by atoms with Crippen LogP contribution in [0.25, 0.3) is 6.08 Å². The van der Waals surface area contributed by atoms with Gasteiger partial charge in [0.1, 0.15) is 0 Å². The zero-order chi connectivity index (χ0) is 15.7. The van der Waals surface area contributed by atoms with Crippen LogP contribution in [-0.2, 0) is 9.53 Å². The summed E-state index contributed by atoms with van der Waals surface area (Å²) >= 11 is 0. The maximum absolute atomic E-state index is 11.0. The minimum atomic E-state index is -0.380. The quantitative estimate of drug-likeness (QED) is 0.437. The van der Waals surface area contributed by atoms with E-state index in [9.17, 15) is 4.79 Å². The zero-order valence-corrected chi connectivity index (χ0v) is 13.1. The third kappa shape index (κ3) is 5.87. The Labute approximate surface area is 126 Å². The average Bonchev–Trinajstić information content (AvgIpc) is 2.50. The number of esters is 1. The van der Waals surface area contributed by atoms with Crippen molar-refractivity contribution in [2.24, 2.45) is 0 Å². The zero-order valence-electron chi connectivity index (χ0n) is 13.1. The predicted octanol–water partition coefficient (Wildman–Crippen LogP) is 2.21. The van der Waals surface area contributed by atoms with E-state index in [-0.39, 0.29) is 5.97 Å². The Balaban J connectivity index is 2.58. The molecule has 0 atom stereocenters. The van der Waals surface area contributed by atoms with Crippen molar-refractivity contribution in [2.75, 3.05) is 44.3 Å². The first-order valence-electron chi connectivity index (χ1n) is 7.22. The van der Waals surface area contributed by atoms with Crippen LogP contribution in [0.2, 0.25) is 0 Å². The summed E-state index contributed by atoms with van der Waals surface area (Å²) in [6.45, 7) is 8.23. The Hall–Kier alpha value is -2.01. The van der Waals surface area contributed by atoms with Crippen LogP contribution in [0.15, 0.2) is 24.3 Å². The summed E-state index contributed by atoms with van der Waals surface area (Å²) in [5.74, 6) is -0.380. The van der Waals surface area contributed by atoms with Gasteiger partial charge in [0.2, 0.25) is 0 Å². The Morgan fingerprint density at radius 1 is 1.38 bits per heavy atom. The number of ether oxygens (including phenoxy) is 1. The molecular formula is C16H25N3O2. The maximum atomic E-state index is 11.0. The van der Waals surface area contributed by atoms with Crippen LogP contribution >= 0.6 is 0 Å². The number of likely N-dealkylation sites (N-methyl/N-ethyl adjacent to an activating group) is 1. The van der Waals surface area contributed by atoms with Gasteiger partial charge < -0.3 is 20.7 Å². The Morgan fingerprint density at radius 2 is 2.10 bits per heavy atom. The highest BCUT2D eigenvalue weighted by molar-refractivity contribution is 5.87. The molecule has 0 bridgehead atoms. The lowest BCUT2D eigenvalue weighted by molar-refractivity contribution is -0.134. The van der Waals surface area contributed by atoms with Crippen LogP contribution in [0.3, 0.4) is 0 Å². The van der Waals surface area contributed by atoms with E-state index < -0.39 is 0 Å². The molecule has 5 nitrogen and oxygen atoms in total. The summed E-state index contributed by atoms with van der Waals surface area (Å²) in [6, 6.07) is 5.67. The number of nitrogens with two attached hydrogens (primary N) is 1. The molecule has 5 heteroatoms. The fourth-order valence-electron chi connectivity index (χ4n) is 1.97. The molecule has 0 amide bonds. The van der Waals surface area contributed by atoms with Crippen molar-refractivity contribution in [1.29, 1.82) is 0 Å². The first-order chi connectivity index (χ1) is 10.1. The molecule has 0 saturated heterocycles. The highest BCUT2D eigenvalue weighted by Gasteiger charge is 2.02. The summed E-state index contributed by atoms with van der Waals surface area (Å²) in [5.41, 5.74) is 8.47. The normalized spacial score (nSPS) is 11.0. The van der Waals surface area contributed by atoms with Gasteiger partial charge in [-0.25, -0.2) is 4.79 Å². The van der Waals surface area contributed by atoms with Crippen LogP contribution < -0.4 is 11.1 Å². The topological polar surface area (TPSA) is 67.6 Å². The van der Waals surface area contributed by atoms with Gasteiger partial charge in [0.05, 0.1) is 18.5 Å². The standard InChI is InChI=1S/C16H25N3O2/c1-4-19(5-2)11-10-18-15-8-6-13(12-14(15)17)7-9-16(20)21-3/h6-9,12,18H,4-5,10-11,17H2,1-3H3. The molecule has 21 heavy (non-hydrogen) atoms. The number of nitrogens with one attached hydrogen (secondary N) is 1. The van der Waals surface area contributed by atoms with Crippen LogP contribution in [0.1, 0.15) is 19.4 Å². The first kappa shape index (κ1) is 17.0. The first-order valence-corrected chi connectivity index (χ1v) is 7.22. The smallest absolute Gasteiger partial charge is 0.330 e. The van der Waals surface area contributed by atoms with Gasteiger partial charge in [-0.05, 0) is 36.9 Å². The lowest BCUT2D eigenvalue weighted by Crippen LogP contribution is -2.28. The molecule has 0 fully saturated rings. The average molecular weight is 291 g/mol. The van der Waals surface area contributed by atoms with Crippen molar-refractivity contribution in [3.8, 4) is 0 Å². The summed E-state index contributed by atoms with van der Waals surface area (Å²) in [7, 11) is 1.35. The van der Waals surface area contributed by atoms with Crippen molar-refractivity contribution >= 4 is 23.4 Å². The maximum Gasteiger partial charge on any atom is 0.330 e. The number of carbonyl (C=O) groups is 1. The molecule has 116 valence electrons. The number of methoxy groups -OCH3 is 1. The molecule has 0 aromatic heterocycles. The van der Waals surface area contributed by atoms with Gasteiger partial charge in [-0.3, -0.25) is 0 Å². The van der Waals surface area contributed by atoms with E-state index in [2.05, 4.69) is 28.8 Å². The highest BCUT2D eigenvalue weighted by atomic mass is 16.5. The van der Waals surface area contributed by atoms with Gasteiger partial charge in [-0.15, -0.1) is 0 Å². The number of hydrogen-bond donors (Lipinski definition) is 2. The second kappa shape index (κ2) is 9.02. The van der Waals surface area contributed by atoms with Crippen molar-refractivity contribution in [3.63, 3.8) is 0 Å². The summed E-state index contributed by atoms with van der Waals surface area (Å²) in [5, 5.41) is 3.33. The molecule has 0 aliphatic rings. The second-order valence-corrected chi connectivity index (χ2v) is 4.66. The SMILES string of the molecule is CCN(CC)CCNc1ccc(C=CC(=O)OC)cc1N. The summed E-state index contributed by atoms with van der Waals surface area (Å²) in [4.78, 5) is 13.4. The van der Waals surface area contributed by atoms with Gasteiger partial charge in [0.15, 0.2) is 0 Å². The number of carbonyl (C=O) groups excluding carboxylic acids is 1. The van der Waals surface area contributed by atoms with E-state index >= 15 is 0 Å². The number of rotatable bonds is 8. The van der Waals surface area contributed by atoms with E-state index in [0.29, 0.717) is 5.69 Å². The predicted molar refractivity (Wildman–Crippen MR) is 88.2 cm³/mol. The molecule has 0 aliphatic carbocycles. The highest BCUT2D eigenvalue weighted by Crippen LogP contribution is 2.20. The van der Waals surface area contributed by atoms with E-state index in [1.165, 1.54) is 13.2 Å². The van der Waals surface area contributed by atoms with Crippen LogP contribution in [0, 0.1) is 0 Å². The molecule has 1 aromatic rings. The monoisotopic (exact) mass is 291 g/mol. The van der Waals surface area contributed by atoms with Crippen molar-refractivity contribution in [1.82, 2.24) is 4.90 Å². The van der Waals surface area contributed by atoms with E-state index in [1.807, 2.05) is 18.2 Å². The van der Waals surface area contributed by atoms with Crippen LogP contribution in [0.5, 0.6) is 0 Å². The number of anilines is 2. The number of benzene rings is 1. The Kier molecular flexibility index (Phi) is 7.32. The van der Waals surface area contributed by atoms with E-state index in [0.717, 1.165) is 37.4 Å². The minimum Gasteiger partial charge on any atom is -0.466 e. The summed E-state index contributed by atoms with van der Waals surface area (Å²) in [6.07, 6.45) is 3.06. The lowest BCUT2D eigenvalue weighted by atomic mass is 10.1. The molecule has 0 unspecified atom stereocenters. The van der Waals surface area contributed by atoms with E-state index in [4.69, 9.17) is 5.73 Å². The van der Waals surface area contributed by atoms with Gasteiger partial charge in [-0.1, -0.05) is 19.9 Å². The third-order valence-corrected chi connectivity index (χ3v) is 3.33. The van der Waals surface area contributed by atoms with Gasteiger partial charge >= 0.3 is 5.97 Å². The van der Waals surface area contributed by atoms with E-state index in [1.54, 1.807) is 6.08 Å². The molecule has 0 saturated carbocycles. The molecule has 1 aromatic carbocycles. The molecule has 0 heterocycles. The molecule has 3 N–H and O–H groups in total. The third-order valence-electron chi connectivity index (χ3n) is 3.33. The van der Waals surface area contributed by atoms with Gasteiger partial charge in [-0.2, -0.15) is 0 Å². The molecule has 1 rings (SSSR count). The van der Waals surface area contributed by atoms with Crippen LogP contribution in [-0.4, -0.2) is 44.2 Å². The second-order valence-electron chi connectivity index (χ2n) is 4.66. The largest absolute Gasteiger partial charge is 0.466 e. The minimum absolute atomic E-state index is 0.380. The van der Waals surface area contributed by atoms with Crippen LogP contribution in [0.4, 0.5) is 11.4 Å². The van der Waals surface area contributed by atoms with Gasteiger partial charge in [0, 0.05) is 19.2 Å². The van der Waals surface area contributed by atoms with Crippen molar-refractivity contribution < 1.29 is 9.53 Å². The molecule has 0 aliphatic heterocycles. The summed E-state index contributed by atoms with van der Waals surface area (Å²) < 4.78 is 4.55. The molecular weight excluding hydrogens is 266 g/mol. The van der Waals surface area contributed by atoms with Gasteiger partial charge in [0.25, 0.3) is 0 Å². The Bertz CT molecular complexity index is 482. The number of hydrogen-bond acceptors (Lipinski definition) is 5. The van der Waals surface area contributed by atoms with Crippen molar-refractivity contribution in [2.45, 2.75) is 13.8 Å². The number of nitrogen functional groups attached to an aromatic ring is 1. The number of nitrogens with zero attached hydrogens (tertiary/aromatic N) is 1. The molecule has 0 radical (unpaired) electrons. The fraction of sp³-hybridized carbons (Fsp3) is 0.438.